The second kappa shape index (κ2) is 7.79. The number of hydrogen-bond acceptors (Lipinski definition) is 3. The van der Waals surface area contributed by atoms with Crippen LogP contribution in [0.25, 0.3) is 22.0 Å². The number of hydrazone groups is 1. The number of nitrogens with zero attached hydrogens (tertiary/aromatic N) is 2. The van der Waals surface area contributed by atoms with E-state index >= 15 is 0 Å². The van der Waals surface area contributed by atoms with E-state index in [9.17, 15) is 9.18 Å². The second-order valence-corrected chi connectivity index (χ2v) is 6.36. The van der Waals surface area contributed by atoms with E-state index in [2.05, 4.69) is 15.5 Å². The van der Waals surface area contributed by atoms with Gasteiger partial charge in [-0.25, -0.2) is 9.82 Å². The first-order valence-electron chi connectivity index (χ1n) is 8.86. The number of H-pyrrole nitrogens is 1. The van der Waals surface area contributed by atoms with Crippen molar-refractivity contribution in [2.45, 2.75) is 0 Å². The summed E-state index contributed by atoms with van der Waals surface area (Å²) < 4.78 is 13.8. The van der Waals surface area contributed by atoms with Crippen LogP contribution in [0.15, 0.2) is 77.9 Å². The number of halogens is 1. The molecule has 0 atom stereocenters. The van der Waals surface area contributed by atoms with Crippen molar-refractivity contribution >= 4 is 23.0 Å². The van der Waals surface area contributed by atoms with Crippen molar-refractivity contribution < 1.29 is 9.18 Å². The van der Waals surface area contributed by atoms with Gasteiger partial charge in [-0.05, 0) is 41.5 Å². The average Bonchev–Trinajstić information content (AvgIpc) is 3.13. The molecule has 0 radical (unpaired) electrons. The molecule has 4 aromatic rings. The number of amides is 1. The molecule has 6 heteroatoms. The molecule has 1 aromatic heterocycles. The molecule has 0 aliphatic heterocycles. The van der Waals surface area contributed by atoms with Gasteiger partial charge >= 0.3 is 0 Å². The molecule has 29 heavy (non-hydrogen) atoms. The third kappa shape index (κ3) is 3.75. The highest BCUT2D eigenvalue weighted by atomic mass is 19.1. The molecule has 5 nitrogen and oxygen atoms in total. The number of benzene rings is 3. The molecule has 0 fully saturated rings. The molecule has 3 aromatic carbocycles. The largest absolute Gasteiger partial charge is 0.350 e. The summed E-state index contributed by atoms with van der Waals surface area (Å²) in [6, 6.07) is 22.5. The number of aromatic amines is 1. The summed E-state index contributed by atoms with van der Waals surface area (Å²) >= 11 is 0. The lowest BCUT2D eigenvalue weighted by molar-refractivity contribution is 0.0951. The fourth-order valence-electron chi connectivity index (χ4n) is 3.10. The van der Waals surface area contributed by atoms with E-state index in [1.54, 1.807) is 30.3 Å². The minimum Gasteiger partial charge on any atom is -0.350 e. The number of nitrogens with one attached hydrogen (secondary N) is 2. The van der Waals surface area contributed by atoms with Gasteiger partial charge in [0.1, 0.15) is 11.5 Å². The maximum absolute atomic E-state index is 13.8. The molecular weight excluding hydrogens is 367 g/mol. The maximum Gasteiger partial charge on any atom is 0.288 e. The zero-order valence-electron chi connectivity index (χ0n) is 15.2. The van der Waals surface area contributed by atoms with Gasteiger partial charge in [-0.15, -0.1) is 0 Å². The predicted molar refractivity (Wildman–Crippen MR) is 110 cm³/mol. The molecule has 0 saturated carbocycles. The van der Waals surface area contributed by atoms with E-state index in [1.807, 2.05) is 36.4 Å². The van der Waals surface area contributed by atoms with Crippen molar-refractivity contribution in [3.63, 3.8) is 0 Å². The molecule has 0 unspecified atom stereocenters. The zero-order chi connectivity index (χ0) is 20.2. The van der Waals surface area contributed by atoms with Gasteiger partial charge in [0.2, 0.25) is 0 Å². The number of nitriles is 1. The Morgan fingerprint density at radius 1 is 1.07 bits per heavy atom. The fraction of sp³-hybridized carbons (Fsp3) is 0. The molecule has 0 saturated heterocycles. The van der Waals surface area contributed by atoms with Crippen LogP contribution in [0, 0.1) is 17.1 Å². The van der Waals surface area contributed by atoms with Crippen LogP contribution in [0.5, 0.6) is 0 Å². The molecule has 1 heterocycles. The Morgan fingerprint density at radius 2 is 1.83 bits per heavy atom. The van der Waals surface area contributed by atoms with Crippen molar-refractivity contribution in [3.05, 3.63) is 95.4 Å². The Morgan fingerprint density at radius 3 is 2.55 bits per heavy atom. The van der Waals surface area contributed by atoms with E-state index in [0.29, 0.717) is 27.7 Å². The normalized spacial score (nSPS) is 10.9. The number of aromatic nitrogens is 1. The number of carbonyl (C=O) groups excluding carboxylic acids is 1. The third-order valence-electron chi connectivity index (χ3n) is 4.47. The SMILES string of the molecule is N#Cc1ccc(/C=N/NC(=O)c2[nH]c3ccc(F)cc3c2-c2ccccc2)cc1. The Kier molecular flexibility index (Phi) is 4.87. The fourth-order valence-corrected chi connectivity index (χ4v) is 3.10. The highest BCUT2D eigenvalue weighted by molar-refractivity contribution is 6.09. The van der Waals surface area contributed by atoms with Crippen LogP contribution >= 0.6 is 0 Å². The molecule has 140 valence electrons. The van der Waals surface area contributed by atoms with Gasteiger partial charge in [-0.1, -0.05) is 42.5 Å². The van der Waals surface area contributed by atoms with Crippen LogP contribution < -0.4 is 5.43 Å². The minimum atomic E-state index is -0.439. The van der Waals surface area contributed by atoms with Gasteiger partial charge in [0, 0.05) is 16.5 Å². The van der Waals surface area contributed by atoms with E-state index in [1.165, 1.54) is 18.3 Å². The van der Waals surface area contributed by atoms with Crippen LogP contribution in [0.2, 0.25) is 0 Å². The monoisotopic (exact) mass is 382 g/mol. The topological polar surface area (TPSA) is 81.0 Å². The first kappa shape index (κ1) is 18.1. The highest BCUT2D eigenvalue weighted by Crippen LogP contribution is 2.32. The lowest BCUT2D eigenvalue weighted by atomic mass is 10.0. The highest BCUT2D eigenvalue weighted by Gasteiger charge is 2.19. The van der Waals surface area contributed by atoms with Gasteiger partial charge in [-0.3, -0.25) is 4.79 Å². The molecule has 0 aliphatic rings. The van der Waals surface area contributed by atoms with Crippen LogP contribution in [0.4, 0.5) is 4.39 Å². The van der Waals surface area contributed by atoms with Crippen LogP contribution in [-0.4, -0.2) is 17.1 Å². The summed E-state index contributed by atoms with van der Waals surface area (Å²) in [5.41, 5.74) is 6.16. The lowest BCUT2D eigenvalue weighted by Crippen LogP contribution is -2.18. The first-order chi connectivity index (χ1) is 14.2. The van der Waals surface area contributed by atoms with E-state index in [0.717, 1.165) is 11.1 Å². The smallest absolute Gasteiger partial charge is 0.288 e. The summed E-state index contributed by atoms with van der Waals surface area (Å²) in [4.78, 5) is 15.9. The predicted octanol–water partition coefficient (Wildman–Crippen LogP) is 4.61. The summed E-state index contributed by atoms with van der Waals surface area (Å²) in [6.45, 7) is 0. The minimum absolute atomic E-state index is 0.300. The van der Waals surface area contributed by atoms with Gasteiger partial charge < -0.3 is 4.98 Å². The first-order valence-corrected chi connectivity index (χ1v) is 8.86. The Labute approximate surface area is 166 Å². The average molecular weight is 382 g/mol. The molecule has 0 aliphatic carbocycles. The molecule has 2 N–H and O–H groups in total. The summed E-state index contributed by atoms with van der Waals surface area (Å²) in [5, 5.41) is 13.4. The molecule has 1 amide bonds. The van der Waals surface area contributed by atoms with Gasteiger partial charge in [0.05, 0.1) is 17.8 Å². The lowest BCUT2D eigenvalue weighted by Gasteiger charge is -2.04. The quantitative estimate of drug-likeness (QED) is 0.399. The third-order valence-corrected chi connectivity index (χ3v) is 4.47. The van der Waals surface area contributed by atoms with Crippen LogP contribution in [-0.2, 0) is 0 Å². The molecular formula is C23H15FN4O. The number of rotatable bonds is 4. The Bertz CT molecular complexity index is 1250. The summed E-state index contributed by atoms with van der Waals surface area (Å²) in [6.07, 6.45) is 1.49. The molecule has 4 rings (SSSR count). The van der Waals surface area contributed by atoms with Gasteiger partial charge in [0.15, 0.2) is 0 Å². The number of fused-ring (bicyclic) bond motifs is 1. The van der Waals surface area contributed by atoms with Crippen molar-refractivity contribution in [1.29, 1.82) is 5.26 Å². The van der Waals surface area contributed by atoms with Crippen molar-refractivity contribution in [1.82, 2.24) is 10.4 Å². The van der Waals surface area contributed by atoms with E-state index < -0.39 is 5.91 Å². The summed E-state index contributed by atoms with van der Waals surface area (Å²) in [5.74, 6) is -0.815. The van der Waals surface area contributed by atoms with Crippen LogP contribution in [0.3, 0.4) is 0 Å². The van der Waals surface area contributed by atoms with Crippen molar-refractivity contribution in [2.75, 3.05) is 0 Å². The number of carbonyl (C=O) groups is 1. The van der Waals surface area contributed by atoms with Crippen LogP contribution in [0.1, 0.15) is 21.6 Å². The Hall–Kier alpha value is -4.24. The van der Waals surface area contributed by atoms with Gasteiger partial charge in [-0.2, -0.15) is 10.4 Å². The van der Waals surface area contributed by atoms with Gasteiger partial charge in [0.25, 0.3) is 5.91 Å². The van der Waals surface area contributed by atoms with Crippen molar-refractivity contribution in [2.24, 2.45) is 5.10 Å². The van der Waals surface area contributed by atoms with E-state index in [-0.39, 0.29) is 5.82 Å². The zero-order valence-corrected chi connectivity index (χ0v) is 15.2. The standard InChI is InChI=1S/C23H15FN4O/c24-18-10-11-20-19(12-18)21(17-4-2-1-3-5-17)22(27-20)23(29)28-26-14-16-8-6-15(13-25)7-9-16/h1-12,14,27H,(H,28,29)/b26-14+. The molecule has 0 bridgehead atoms. The maximum atomic E-state index is 13.8. The van der Waals surface area contributed by atoms with Crippen molar-refractivity contribution in [3.8, 4) is 17.2 Å². The Balaban J connectivity index is 1.66. The second-order valence-electron chi connectivity index (χ2n) is 6.36. The van der Waals surface area contributed by atoms with E-state index in [4.69, 9.17) is 5.26 Å². The number of hydrogen-bond donors (Lipinski definition) is 2. The summed E-state index contributed by atoms with van der Waals surface area (Å²) in [7, 11) is 0. The molecule has 0 spiro atoms.